The molecule has 2 nitrogen and oxygen atoms in total. The molecule has 94 valence electrons. The zero-order chi connectivity index (χ0) is 13.0. The third-order valence-corrected chi connectivity index (χ3v) is 3.68. The molecule has 0 amide bonds. The summed E-state index contributed by atoms with van der Waals surface area (Å²) in [4.78, 5) is 8.40. The van der Waals surface area contributed by atoms with Crippen molar-refractivity contribution >= 4 is 11.8 Å². The maximum Gasteiger partial charge on any atom is 0.187 e. The van der Waals surface area contributed by atoms with E-state index >= 15 is 0 Å². The van der Waals surface area contributed by atoms with Gasteiger partial charge in [0.05, 0.1) is 0 Å². The molecule has 0 aliphatic carbocycles. The van der Waals surface area contributed by atoms with Crippen LogP contribution in [-0.4, -0.2) is 9.97 Å². The second-order valence-corrected chi connectivity index (χ2v) is 6.21. The van der Waals surface area contributed by atoms with Gasteiger partial charge < -0.3 is 0 Å². The predicted octanol–water partition coefficient (Wildman–Crippen LogP) is 4.07. The van der Waals surface area contributed by atoms with E-state index in [-0.39, 0.29) is 5.41 Å². The molecule has 18 heavy (non-hydrogen) atoms. The van der Waals surface area contributed by atoms with Gasteiger partial charge in [-0.3, -0.25) is 0 Å². The van der Waals surface area contributed by atoms with Crippen LogP contribution in [0.15, 0.2) is 47.9 Å². The van der Waals surface area contributed by atoms with E-state index in [2.05, 4.69) is 55.0 Å². The Balaban J connectivity index is 1.99. The Hall–Kier alpha value is -1.35. The number of hydrogen-bond acceptors (Lipinski definition) is 3. The molecule has 0 aliphatic rings. The van der Waals surface area contributed by atoms with E-state index in [9.17, 15) is 0 Å². The fourth-order valence-corrected chi connectivity index (χ4v) is 2.37. The first-order chi connectivity index (χ1) is 8.55. The van der Waals surface area contributed by atoms with Crippen molar-refractivity contribution in [2.45, 2.75) is 37.1 Å². The second kappa shape index (κ2) is 5.53. The molecule has 0 radical (unpaired) electrons. The van der Waals surface area contributed by atoms with Gasteiger partial charge in [0.15, 0.2) is 5.16 Å². The molecule has 0 saturated carbocycles. The quantitative estimate of drug-likeness (QED) is 0.613. The SMILES string of the molecule is CC(C)(C)c1ccc(CSc2ncccn2)cc1. The van der Waals surface area contributed by atoms with Crippen molar-refractivity contribution in [3.63, 3.8) is 0 Å². The van der Waals surface area contributed by atoms with E-state index in [0.29, 0.717) is 0 Å². The largest absolute Gasteiger partial charge is 0.231 e. The smallest absolute Gasteiger partial charge is 0.187 e. The monoisotopic (exact) mass is 258 g/mol. The van der Waals surface area contributed by atoms with Gasteiger partial charge >= 0.3 is 0 Å². The van der Waals surface area contributed by atoms with Gasteiger partial charge in [-0.2, -0.15) is 0 Å². The topological polar surface area (TPSA) is 25.8 Å². The van der Waals surface area contributed by atoms with Crippen LogP contribution in [-0.2, 0) is 11.2 Å². The predicted molar refractivity (Wildman–Crippen MR) is 76.7 cm³/mol. The molecule has 0 atom stereocenters. The first-order valence-corrected chi connectivity index (χ1v) is 7.03. The van der Waals surface area contributed by atoms with Crippen molar-refractivity contribution in [2.24, 2.45) is 0 Å². The fraction of sp³-hybridized carbons (Fsp3) is 0.333. The van der Waals surface area contributed by atoms with E-state index in [4.69, 9.17) is 0 Å². The van der Waals surface area contributed by atoms with Crippen LogP contribution in [0.1, 0.15) is 31.9 Å². The van der Waals surface area contributed by atoms with Crippen molar-refractivity contribution in [2.75, 3.05) is 0 Å². The Morgan fingerprint density at radius 3 is 2.17 bits per heavy atom. The van der Waals surface area contributed by atoms with Crippen LogP contribution in [0.3, 0.4) is 0 Å². The maximum atomic E-state index is 4.20. The van der Waals surface area contributed by atoms with E-state index < -0.39 is 0 Å². The third-order valence-electron chi connectivity index (χ3n) is 2.73. The molecule has 2 aromatic rings. The van der Waals surface area contributed by atoms with Crippen LogP contribution in [0.25, 0.3) is 0 Å². The van der Waals surface area contributed by atoms with Gasteiger partial charge in [-0.15, -0.1) is 0 Å². The summed E-state index contributed by atoms with van der Waals surface area (Å²) in [6, 6.07) is 10.6. The summed E-state index contributed by atoms with van der Waals surface area (Å²) >= 11 is 1.66. The minimum Gasteiger partial charge on any atom is -0.231 e. The minimum atomic E-state index is 0.216. The van der Waals surface area contributed by atoms with Gasteiger partial charge in [0, 0.05) is 18.1 Å². The Morgan fingerprint density at radius 2 is 1.61 bits per heavy atom. The molecule has 1 aromatic carbocycles. The number of hydrogen-bond donors (Lipinski definition) is 0. The standard InChI is InChI=1S/C15H18N2S/c1-15(2,3)13-7-5-12(6-8-13)11-18-14-16-9-4-10-17-14/h4-10H,11H2,1-3H3. The molecule has 0 bridgehead atoms. The van der Waals surface area contributed by atoms with E-state index in [1.165, 1.54) is 11.1 Å². The van der Waals surface area contributed by atoms with E-state index in [0.717, 1.165) is 10.9 Å². The van der Waals surface area contributed by atoms with Crippen molar-refractivity contribution in [3.05, 3.63) is 53.9 Å². The van der Waals surface area contributed by atoms with Crippen molar-refractivity contribution in [3.8, 4) is 0 Å². The van der Waals surface area contributed by atoms with Crippen molar-refractivity contribution in [1.29, 1.82) is 0 Å². The Kier molecular flexibility index (Phi) is 4.02. The first-order valence-electron chi connectivity index (χ1n) is 6.05. The first kappa shape index (κ1) is 13.1. The normalized spacial score (nSPS) is 11.5. The van der Waals surface area contributed by atoms with Crippen LogP contribution >= 0.6 is 11.8 Å². The summed E-state index contributed by atoms with van der Waals surface area (Å²) in [5.41, 5.74) is 2.89. The summed E-state index contributed by atoms with van der Waals surface area (Å²) in [5.74, 6) is 0.911. The molecule has 1 aromatic heterocycles. The van der Waals surface area contributed by atoms with Crippen molar-refractivity contribution in [1.82, 2.24) is 9.97 Å². The molecule has 2 rings (SSSR count). The van der Waals surface area contributed by atoms with Crippen LogP contribution < -0.4 is 0 Å². The highest BCUT2D eigenvalue weighted by atomic mass is 32.2. The lowest BCUT2D eigenvalue weighted by atomic mass is 9.87. The van der Waals surface area contributed by atoms with Crippen LogP contribution in [0.5, 0.6) is 0 Å². The average Bonchev–Trinajstić information content (AvgIpc) is 2.37. The molecule has 0 aliphatic heterocycles. The number of aromatic nitrogens is 2. The summed E-state index contributed by atoms with van der Waals surface area (Å²) in [6.07, 6.45) is 3.55. The average molecular weight is 258 g/mol. The van der Waals surface area contributed by atoms with Gasteiger partial charge in [0.2, 0.25) is 0 Å². The summed E-state index contributed by atoms with van der Waals surface area (Å²) < 4.78 is 0. The summed E-state index contributed by atoms with van der Waals surface area (Å²) in [5, 5.41) is 0.831. The zero-order valence-electron chi connectivity index (χ0n) is 11.1. The van der Waals surface area contributed by atoms with Crippen molar-refractivity contribution < 1.29 is 0 Å². The fourth-order valence-electron chi connectivity index (χ4n) is 1.61. The molecule has 1 heterocycles. The minimum absolute atomic E-state index is 0.216. The third kappa shape index (κ3) is 3.57. The molecule has 3 heteroatoms. The van der Waals surface area contributed by atoms with Gasteiger partial charge in [-0.25, -0.2) is 9.97 Å². The van der Waals surface area contributed by atoms with Crippen LogP contribution in [0.2, 0.25) is 0 Å². The molecule has 0 saturated heterocycles. The Morgan fingerprint density at radius 1 is 1.00 bits per heavy atom. The number of nitrogens with zero attached hydrogens (tertiary/aromatic N) is 2. The number of rotatable bonds is 3. The van der Waals surface area contributed by atoms with Crippen LogP contribution in [0.4, 0.5) is 0 Å². The second-order valence-electron chi connectivity index (χ2n) is 5.27. The number of thioether (sulfide) groups is 1. The molecule has 0 fully saturated rings. The highest BCUT2D eigenvalue weighted by molar-refractivity contribution is 7.98. The molecule has 0 unspecified atom stereocenters. The van der Waals surface area contributed by atoms with Gasteiger partial charge in [0.1, 0.15) is 0 Å². The lowest BCUT2D eigenvalue weighted by Gasteiger charge is -2.19. The molecule has 0 N–H and O–H groups in total. The zero-order valence-corrected chi connectivity index (χ0v) is 11.9. The maximum absolute atomic E-state index is 4.20. The summed E-state index contributed by atoms with van der Waals surface area (Å²) in [6.45, 7) is 6.69. The van der Waals surface area contributed by atoms with E-state index in [1.54, 1.807) is 24.2 Å². The highest BCUT2D eigenvalue weighted by Crippen LogP contribution is 2.24. The summed E-state index contributed by atoms with van der Waals surface area (Å²) in [7, 11) is 0. The van der Waals surface area contributed by atoms with Crippen LogP contribution in [0, 0.1) is 0 Å². The highest BCUT2D eigenvalue weighted by Gasteiger charge is 2.12. The lowest BCUT2D eigenvalue weighted by molar-refractivity contribution is 0.590. The molecular weight excluding hydrogens is 240 g/mol. The van der Waals surface area contributed by atoms with E-state index in [1.807, 2.05) is 6.07 Å². The Labute approximate surface area is 113 Å². The number of benzene rings is 1. The molecular formula is C15H18N2S. The van der Waals surface area contributed by atoms with Gasteiger partial charge in [0.25, 0.3) is 0 Å². The van der Waals surface area contributed by atoms with Gasteiger partial charge in [-0.05, 0) is 22.6 Å². The van der Waals surface area contributed by atoms with Gasteiger partial charge in [-0.1, -0.05) is 56.8 Å². The molecule has 0 spiro atoms. The lowest BCUT2D eigenvalue weighted by Crippen LogP contribution is -2.10. The Bertz CT molecular complexity index is 486.